The third-order valence-corrected chi connectivity index (χ3v) is 5.25. The monoisotopic (exact) mass is 304 g/mol. The smallest absolute Gasteiger partial charge is 0.111 e. The van der Waals surface area contributed by atoms with Crippen LogP contribution in [-0.4, -0.2) is 15.4 Å². The van der Waals surface area contributed by atoms with Gasteiger partial charge in [-0.2, -0.15) is 0 Å². The molecule has 0 amide bonds. The van der Waals surface area contributed by atoms with E-state index in [1.54, 1.807) is 0 Å². The zero-order chi connectivity index (χ0) is 15.0. The Morgan fingerprint density at radius 2 is 2.14 bits per heavy atom. The van der Waals surface area contributed by atoms with Crippen LogP contribution in [0.2, 0.25) is 0 Å². The molecule has 1 aromatic heterocycles. The lowest BCUT2D eigenvalue weighted by molar-refractivity contribution is 0.145. The minimum atomic E-state index is 0.329. The van der Waals surface area contributed by atoms with Gasteiger partial charge < -0.3 is 4.57 Å². The Labute approximate surface area is 132 Å². The largest absolute Gasteiger partial charge is 0.324 e. The predicted molar refractivity (Wildman–Crippen MR) is 90.2 cm³/mol. The number of hydrogen-bond acceptors (Lipinski definition) is 1. The van der Waals surface area contributed by atoms with Crippen LogP contribution in [0.5, 0.6) is 0 Å². The summed E-state index contributed by atoms with van der Waals surface area (Å²) in [5.74, 6) is 1.80. The summed E-state index contributed by atoms with van der Waals surface area (Å²) >= 11 is 6.03. The van der Waals surface area contributed by atoms with Gasteiger partial charge in [0.25, 0.3) is 0 Å². The summed E-state index contributed by atoms with van der Waals surface area (Å²) in [6, 6.07) is 6.97. The zero-order valence-corrected chi connectivity index (χ0v) is 14.1. The molecule has 1 aliphatic rings. The third kappa shape index (κ3) is 2.59. The van der Waals surface area contributed by atoms with Crippen LogP contribution in [-0.2, 0) is 6.42 Å². The Morgan fingerprint density at radius 1 is 1.33 bits per heavy atom. The first-order valence-electron chi connectivity index (χ1n) is 8.07. The number of fused-ring (bicyclic) bond motifs is 1. The molecule has 21 heavy (non-hydrogen) atoms. The van der Waals surface area contributed by atoms with E-state index in [0.717, 1.165) is 17.8 Å². The third-order valence-electron chi connectivity index (χ3n) is 5.07. The summed E-state index contributed by atoms with van der Waals surface area (Å²) in [4.78, 5) is 4.88. The molecule has 0 radical (unpaired) electrons. The van der Waals surface area contributed by atoms with Crippen LogP contribution in [0.4, 0.5) is 0 Å². The van der Waals surface area contributed by atoms with E-state index >= 15 is 0 Å². The molecular formula is C18H25ClN2. The predicted octanol–water partition coefficient (Wildman–Crippen LogP) is 5.27. The molecule has 2 aromatic rings. The zero-order valence-electron chi connectivity index (χ0n) is 13.3. The first-order chi connectivity index (χ1) is 10.0. The van der Waals surface area contributed by atoms with E-state index in [-0.39, 0.29) is 0 Å². The number of benzene rings is 1. The van der Waals surface area contributed by atoms with Gasteiger partial charge in [-0.1, -0.05) is 38.8 Å². The first kappa shape index (κ1) is 14.9. The molecule has 1 saturated carbocycles. The number of nitrogens with zero attached hydrogens (tertiary/aromatic N) is 2. The quantitative estimate of drug-likeness (QED) is 0.707. The molecule has 0 aliphatic heterocycles. The van der Waals surface area contributed by atoms with Crippen molar-refractivity contribution in [2.75, 3.05) is 5.88 Å². The fraction of sp³-hybridized carbons (Fsp3) is 0.611. The molecule has 1 unspecified atom stereocenters. The van der Waals surface area contributed by atoms with Gasteiger partial charge in [-0.05, 0) is 36.8 Å². The molecular weight excluding hydrogens is 280 g/mol. The van der Waals surface area contributed by atoms with Gasteiger partial charge in [-0.3, -0.25) is 0 Å². The summed E-state index contributed by atoms with van der Waals surface area (Å²) in [6.07, 6.45) is 6.06. The molecule has 0 N–H and O–H groups in total. The maximum atomic E-state index is 6.03. The molecule has 2 nitrogen and oxygen atoms in total. The lowest BCUT2D eigenvalue weighted by atomic mass is 9.73. The summed E-state index contributed by atoms with van der Waals surface area (Å²) in [7, 11) is 0. The van der Waals surface area contributed by atoms with Gasteiger partial charge in [0, 0.05) is 18.3 Å². The van der Waals surface area contributed by atoms with Crippen molar-refractivity contribution in [1.82, 2.24) is 9.55 Å². The molecule has 3 rings (SSSR count). The summed E-state index contributed by atoms with van der Waals surface area (Å²) in [6.45, 7) is 7.01. The average Bonchev–Trinajstić information content (AvgIpc) is 2.78. The highest BCUT2D eigenvalue weighted by molar-refractivity contribution is 6.17. The van der Waals surface area contributed by atoms with Crippen molar-refractivity contribution in [3.8, 4) is 0 Å². The molecule has 1 atom stereocenters. The van der Waals surface area contributed by atoms with E-state index in [0.29, 0.717) is 17.3 Å². The molecule has 0 saturated heterocycles. The van der Waals surface area contributed by atoms with Gasteiger partial charge in [0.1, 0.15) is 5.82 Å². The molecule has 3 heteroatoms. The van der Waals surface area contributed by atoms with Crippen molar-refractivity contribution in [3.05, 3.63) is 29.6 Å². The van der Waals surface area contributed by atoms with Gasteiger partial charge >= 0.3 is 0 Å². The number of rotatable bonds is 3. The lowest BCUT2D eigenvalue weighted by Gasteiger charge is -2.40. The molecule has 1 aliphatic carbocycles. The van der Waals surface area contributed by atoms with E-state index in [1.807, 2.05) is 0 Å². The number of halogens is 1. The first-order valence-corrected chi connectivity index (χ1v) is 8.60. The molecule has 1 heterocycles. The Balaban J connectivity index is 2.21. The van der Waals surface area contributed by atoms with Crippen molar-refractivity contribution in [2.24, 2.45) is 5.41 Å². The molecule has 0 spiro atoms. The normalized spacial score (nSPS) is 21.8. The number of imidazole rings is 1. The highest BCUT2D eigenvalue weighted by Gasteiger charge is 2.35. The topological polar surface area (TPSA) is 17.8 Å². The van der Waals surface area contributed by atoms with Crippen molar-refractivity contribution in [2.45, 2.75) is 58.9 Å². The fourth-order valence-corrected chi connectivity index (χ4v) is 4.09. The number of aromatic nitrogens is 2. The number of hydrogen-bond donors (Lipinski definition) is 0. The second-order valence-corrected chi connectivity index (χ2v) is 7.41. The number of para-hydroxylation sites is 1. The van der Waals surface area contributed by atoms with Crippen LogP contribution in [0.15, 0.2) is 18.2 Å². The molecule has 114 valence electrons. The van der Waals surface area contributed by atoms with E-state index in [9.17, 15) is 0 Å². The lowest BCUT2D eigenvalue weighted by Crippen LogP contribution is -2.31. The maximum absolute atomic E-state index is 6.03. The van der Waals surface area contributed by atoms with Crippen LogP contribution < -0.4 is 0 Å². The summed E-state index contributed by atoms with van der Waals surface area (Å²) in [5.41, 5.74) is 4.09. The van der Waals surface area contributed by atoms with Gasteiger partial charge in [-0.25, -0.2) is 4.98 Å². The SMILES string of the molecule is Cc1cccc2nc(CCCl)n(C3CCCCC3(C)C)c12. The molecule has 1 fully saturated rings. The van der Waals surface area contributed by atoms with Crippen molar-refractivity contribution in [1.29, 1.82) is 0 Å². The average molecular weight is 305 g/mol. The minimum absolute atomic E-state index is 0.329. The second kappa shape index (κ2) is 5.64. The molecule has 1 aromatic carbocycles. The van der Waals surface area contributed by atoms with E-state index < -0.39 is 0 Å². The van der Waals surface area contributed by atoms with Crippen molar-refractivity contribution >= 4 is 22.6 Å². The van der Waals surface area contributed by atoms with Crippen LogP contribution in [0.3, 0.4) is 0 Å². The van der Waals surface area contributed by atoms with Crippen molar-refractivity contribution < 1.29 is 0 Å². The van der Waals surface area contributed by atoms with Gasteiger partial charge in [0.15, 0.2) is 0 Å². The second-order valence-electron chi connectivity index (χ2n) is 7.03. The summed E-state index contributed by atoms with van der Waals surface area (Å²) < 4.78 is 2.52. The van der Waals surface area contributed by atoms with E-state index in [2.05, 4.69) is 43.5 Å². The van der Waals surface area contributed by atoms with Gasteiger partial charge in [-0.15, -0.1) is 11.6 Å². The Kier molecular flexibility index (Phi) is 4.00. The number of aryl methyl sites for hydroxylation is 2. The fourth-order valence-electron chi connectivity index (χ4n) is 3.92. The maximum Gasteiger partial charge on any atom is 0.111 e. The molecule has 0 bridgehead atoms. The standard InChI is InChI=1S/C18H25ClN2/c1-13-7-6-8-14-17(13)21(16(20-14)10-12-19)15-9-4-5-11-18(15,2)3/h6-8,15H,4-5,9-12H2,1-3H3. The minimum Gasteiger partial charge on any atom is -0.324 e. The van der Waals surface area contributed by atoms with E-state index in [4.69, 9.17) is 16.6 Å². The van der Waals surface area contributed by atoms with Crippen LogP contribution in [0, 0.1) is 12.3 Å². The van der Waals surface area contributed by atoms with Crippen LogP contribution in [0.1, 0.15) is 57.0 Å². The van der Waals surface area contributed by atoms with Crippen LogP contribution in [0.25, 0.3) is 11.0 Å². The Bertz CT molecular complexity index is 642. The van der Waals surface area contributed by atoms with Gasteiger partial charge in [0.05, 0.1) is 11.0 Å². The highest BCUT2D eigenvalue weighted by Crippen LogP contribution is 2.45. The van der Waals surface area contributed by atoms with Crippen molar-refractivity contribution in [3.63, 3.8) is 0 Å². The number of alkyl halides is 1. The Hall–Kier alpha value is -1.02. The van der Waals surface area contributed by atoms with Gasteiger partial charge in [0.2, 0.25) is 0 Å². The highest BCUT2D eigenvalue weighted by atomic mass is 35.5. The Morgan fingerprint density at radius 3 is 2.86 bits per heavy atom. The summed E-state index contributed by atoms with van der Waals surface area (Å²) in [5, 5.41) is 0. The van der Waals surface area contributed by atoms with E-state index in [1.165, 1.54) is 36.8 Å². The van der Waals surface area contributed by atoms with Crippen LogP contribution >= 0.6 is 11.6 Å².